The van der Waals surface area contributed by atoms with Crippen molar-refractivity contribution in [2.45, 2.75) is 39.5 Å². The predicted molar refractivity (Wildman–Crippen MR) is 90.1 cm³/mol. The lowest BCUT2D eigenvalue weighted by Gasteiger charge is -2.14. The van der Waals surface area contributed by atoms with E-state index >= 15 is 0 Å². The first-order valence-electron chi connectivity index (χ1n) is 8.12. The highest BCUT2D eigenvalue weighted by Crippen LogP contribution is 2.10. The molecule has 1 atom stereocenters. The number of aliphatic hydroxyl groups excluding tert-OH is 2. The number of nitrogens with one attached hydrogen (secondary N) is 2. The molecule has 0 aliphatic rings. The predicted octanol–water partition coefficient (Wildman–Crippen LogP) is 0.520. The molecule has 0 spiro atoms. The molecule has 1 amide bonds. The molecule has 1 unspecified atom stereocenters. The lowest BCUT2D eigenvalue weighted by Crippen LogP contribution is -2.27. The van der Waals surface area contributed by atoms with Crippen molar-refractivity contribution in [2.24, 2.45) is 5.92 Å². The van der Waals surface area contributed by atoms with Crippen molar-refractivity contribution in [1.82, 2.24) is 10.6 Å². The Labute approximate surface area is 138 Å². The molecular weight excluding hydrogens is 300 g/mol. The van der Waals surface area contributed by atoms with Crippen molar-refractivity contribution in [3.63, 3.8) is 0 Å². The first-order valence-corrected chi connectivity index (χ1v) is 8.12. The maximum atomic E-state index is 11.2. The van der Waals surface area contributed by atoms with Crippen molar-refractivity contribution < 1.29 is 24.9 Å². The number of hydrogen-bond donors (Lipinski definition) is 5. The Hall–Kier alpha value is -1.44. The second-order valence-corrected chi connectivity index (χ2v) is 5.03. The van der Waals surface area contributed by atoms with E-state index in [1.165, 1.54) is 6.42 Å². The van der Waals surface area contributed by atoms with E-state index in [4.69, 9.17) is 15.3 Å². The first kappa shape index (κ1) is 23.8. The largest absolute Gasteiger partial charge is 0.478 e. The number of carboxylic acids is 1. The van der Waals surface area contributed by atoms with Crippen LogP contribution in [-0.4, -0.2) is 60.0 Å². The SMILES string of the molecule is CCCCC(CC)CNC(=O)C=CC(=O)O.OCCNCCO. The van der Waals surface area contributed by atoms with Gasteiger partial charge in [0.1, 0.15) is 0 Å². The molecule has 7 nitrogen and oxygen atoms in total. The molecule has 0 aromatic carbocycles. The summed E-state index contributed by atoms with van der Waals surface area (Å²) in [5, 5.41) is 30.1. The van der Waals surface area contributed by atoms with E-state index in [2.05, 4.69) is 24.5 Å². The van der Waals surface area contributed by atoms with Crippen LogP contribution in [0.3, 0.4) is 0 Å². The summed E-state index contributed by atoms with van der Waals surface area (Å²) in [6.45, 7) is 6.28. The standard InChI is InChI=1S/C12H21NO3.C4H11NO2/c1-3-5-6-10(4-2)9-13-11(14)7-8-12(15)16;6-3-1-5-2-4-7/h7-8,10H,3-6,9H2,1-2H3,(H,13,14)(H,15,16);5-7H,1-4H2. The zero-order valence-corrected chi connectivity index (χ0v) is 14.3. The van der Waals surface area contributed by atoms with Gasteiger partial charge in [-0.05, 0) is 12.3 Å². The second kappa shape index (κ2) is 18.6. The highest BCUT2D eigenvalue weighted by molar-refractivity contribution is 5.93. The molecule has 0 aromatic heterocycles. The number of aliphatic carboxylic acids is 1. The van der Waals surface area contributed by atoms with E-state index in [9.17, 15) is 9.59 Å². The fraction of sp³-hybridized carbons (Fsp3) is 0.750. The number of carbonyl (C=O) groups excluding carboxylic acids is 1. The molecule has 0 heterocycles. The number of rotatable bonds is 12. The van der Waals surface area contributed by atoms with Gasteiger partial charge in [-0.3, -0.25) is 4.79 Å². The van der Waals surface area contributed by atoms with Gasteiger partial charge < -0.3 is 26.0 Å². The van der Waals surface area contributed by atoms with Crippen LogP contribution in [0.4, 0.5) is 0 Å². The lowest BCUT2D eigenvalue weighted by molar-refractivity contribution is -0.131. The Balaban J connectivity index is 0. The quantitative estimate of drug-likeness (QED) is 0.263. The number of unbranched alkanes of at least 4 members (excludes halogenated alkanes) is 1. The van der Waals surface area contributed by atoms with Gasteiger partial charge in [-0.2, -0.15) is 0 Å². The van der Waals surface area contributed by atoms with E-state index in [0.717, 1.165) is 31.4 Å². The van der Waals surface area contributed by atoms with Crippen LogP contribution in [0.5, 0.6) is 0 Å². The third-order valence-corrected chi connectivity index (χ3v) is 3.06. The molecule has 136 valence electrons. The van der Waals surface area contributed by atoms with Crippen LogP contribution >= 0.6 is 0 Å². The summed E-state index contributed by atoms with van der Waals surface area (Å²) in [6, 6.07) is 0. The number of carbonyl (C=O) groups is 2. The average molecular weight is 332 g/mol. The lowest BCUT2D eigenvalue weighted by atomic mass is 9.99. The monoisotopic (exact) mass is 332 g/mol. The fourth-order valence-corrected chi connectivity index (χ4v) is 1.68. The molecule has 0 fully saturated rings. The zero-order valence-electron chi connectivity index (χ0n) is 14.3. The van der Waals surface area contributed by atoms with Crippen molar-refractivity contribution >= 4 is 11.9 Å². The first-order chi connectivity index (χ1) is 11.0. The summed E-state index contributed by atoms with van der Waals surface area (Å²) in [7, 11) is 0. The van der Waals surface area contributed by atoms with Crippen LogP contribution in [0, 0.1) is 5.92 Å². The minimum atomic E-state index is -1.10. The van der Waals surface area contributed by atoms with Gasteiger partial charge in [0, 0.05) is 31.8 Å². The summed E-state index contributed by atoms with van der Waals surface area (Å²) in [5.41, 5.74) is 0. The van der Waals surface area contributed by atoms with Gasteiger partial charge in [-0.25, -0.2) is 4.79 Å². The smallest absolute Gasteiger partial charge is 0.328 e. The van der Waals surface area contributed by atoms with E-state index in [0.29, 0.717) is 25.6 Å². The average Bonchev–Trinajstić information content (AvgIpc) is 2.54. The summed E-state index contributed by atoms with van der Waals surface area (Å²) in [4.78, 5) is 21.4. The Bertz CT molecular complexity index is 318. The number of carboxylic acid groups (broad SMARTS) is 1. The Kier molecular flexibility index (Phi) is 19.3. The molecule has 0 aromatic rings. The van der Waals surface area contributed by atoms with Crippen LogP contribution in [-0.2, 0) is 9.59 Å². The highest BCUT2D eigenvalue weighted by Gasteiger charge is 2.06. The van der Waals surface area contributed by atoms with Crippen LogP contribution in [0.1, 0.15) is 39.5 Å². The van der Waals surface area contributed by atoms with Gasteiger partial charge in [0.25, 0.3) is 0 Å². The topological polar surface area (TPSA) is 119 Å². The Morgan fingerprint density at radius 1 is 1.09 bits per heavy atom. The maximum Gasteiger partial charge on any atom is 0.328 e. The van der Waals surface area contributed by atoms with Crippen molar-refractivity contribution in [1.29, 1.82) is 0 Å². The normalized spacial score (nSPS) is 11.7. The maximum absolute atomic E-state index is 11.2. The molecule has 0 rings (SSSR count). The molecule has 0 aliphatic heterocycles. The van der Waals surface area contributed by atoms with Crippen LogP contribution < -0.4 is 10.6 Å². The highest BCUT2D eigenvalue weighted by atomic mass is 16.4. The van der Waals surface area contributed by atoms with Gasteiger partial charge >= 0.3 is 5.97 Å². The van der Waals surface area contributed by atoms with E-state index in [1.54, 1.807) is 0 Å². The van der Waals surface area contributed by atoms with Gasteiger partial charge in [-0.1, -0.05) is 33.1 Å². The van der Waals surface area contributed by atoms with E-state index < -0.39 is 5.97 Å². The third kappa shape index (κ3) is 20.6. The minimum Gasteiger partial charge on any atom is -0.478 e. The van der Waals surface area contributed by atoms with Gasteiger partial charge in [0.2, 0.25) is 5.91 Å². The summed E-state index contributed by atoms with van der Waals surface area (Å²) < 4.78 is 0. The van der Waals surface area contributed by atoms with E-state index in [-0.39, 0.29) is 19.1 Å². The molecule has 0 saturated heterocycles. The Morgan fingerprint density at radius 3 is 2.13 bits per heavy atom. The van der Waals surface area contributed by atoms with Crippen molar-refractivity contribution in [3.05, 3.63) is 12.2 Å². The number of amides is 1. The minimum absolute atomic E-state index is 0.139. The third-order valence-electron chi connectivity index (χ3n) is 3.06. The summed E-state index contributed by atoms with van der Waals surface area (Å²) >= 11 is 0. The molecule has 7 heteroatoms. The molecule has 0 radical (unpaired) electrons. The molecule has 0 aliphatic carbocycles. The molecule has 0 bridgehead atoms. The Morgan fingerprint density at radius 2 is 1.70 bits per heavy atom. The van der Waals surface area contributed by atoms with E-state index in [1.807, 2.05) is 0 Å². The molecule has 23 heavy (non-hydrogen) atoms. The fourth-order valence-electron chi connectivity index (χ4n) is 1.68. The number of hydrogen-bond acceptors (Lipinski definition) is 5. The van der Waals surface area contributed by atoms with Gasteiger partial charge in [0.05, 0.1) is 13.2 Å². The van der Waals surface area contributed by atoms with Crippen LogP contribution in [0.2, 0.25) is 0 Å². The van der Waals surface area contributed by atoms with Gasteiger partial charge in [0.15, 0.2) is 0 Å². The van der Waals surface area contributed by atoms with Crippen molar-refractivity contribution in [3.8, 4) is 0 Å². The summed E-state index contributed by atoms with van der Waals surface area (Å²) in [6.07, 6.45) is 6.36. The number of aliphatic hydroxyl groups is 2. The molecule has 5 N–H and O–H groups in total. The molecule has 0 saturated carbocycles. The van der Waals surface area contributed by atoms with Crippen molar-refractivity contribution in [2.75, 3.05) is 32.8 Å². The van der Waals surface area contributed by atoms with Crippen LogP contribution in [0.15, 0.2) is 12.2 Å². The zero-order chi connectivity index (χ0) is 17.9. The van der Waals surface area contributed by atoms with Crippen LogP contribution in [0.25, 0.3) is 0 Å². The second-order valence-electron chi connectivity index (χ2n) is 5.03. The van der Waals surface area contributed by atoms with Gasteiger partial charge in [-0.15, -0.1) is 0 Å². The molecular formula is C16H32N2O5. The summed E-state index contributed by atoms with van der Waals surface area (Å²) in [5.74, 6) is -0.951.